The van der Waals surface area contributed by atoms with Gasteiger partial charge in [-0.1, -0.05) is 59.3 Å². The minimum Gasteiger partial charge on any atom is -0.313 e. The van der Waals surface area contributed by atoms with Gasteiger partial charge in [0.1, 0.15) is 0 Å². The molecule has 0 aromatic carbocycles. The highest BCUT2D eigenvalue weighted by Crippen LogP contribution is 2.22. The van der Waals surface area contributed by atoms with Crippen molar-refractivity contribution in [3.63, 3.8) is 0 Å². The lowest BCUT2D eigenvalue weighted by Gasteiger charge is -2.25. The third-order valence-electron chi connectivity index (χ3n) is 4.36. The molecule has 1 N–H and O–H groups in total. The van der Waals surface area contributed by atoms with Crippen molar-refractivity contribution in [3.05, 3.63) is 30.1 Å². The van der Waals surface area contributed by atoms with Crippen molar-refractivity contribution >= 4 is 0 Å². The second-order valence-corrected chi connectivity index (χ2v) is 6.19. The predicted octanol–water partition coefficient (Wildman–Crippen LogP) is 5.30. The van der Waals surface area contributed by atoms with Crippen molar-refractivity contribution in [2.75, 3.05) is 6.54 Å². The summed E-state index contributed by atoms with van der Waals surface area (Å²) in [5.74, 6) is 0.565. The topological polar surface area (TPSA) is 24.9 Å². The molecule has 0 aliphatic rings. The fourth-order valence-corrected chi connectivity index (χ4v) is 2.90. The molecule has 0 saturated carbocycles. The summed E-state index contributed by atoms with van der Waals surface area (Å²) in [5, 5.41) is 3.75. The summed E-state index contributed by atoms with van der Waals surface area (Å²) in [7, 11) is 0. The van der Waals surface area contributed by atoms with Crippen molar-refractivity contribution in [2.24, 2.45) is 0 Å². The van der Waals surface area contributed by atoms with Crippen LogP contribution in [0.25, 0.3) is 0 Å². The van der Waals surface area contributed by atoms with E-state index in [2.05, 4.69) is 43.2 Å². The van der Waals surface area contributed by atoms with Crippen molar-refractivity contribution in [1.82, 2.24) is 10.3 Å². The maximum atomic E-state index is 4.13. The number of nitrogens with one attached hydrogen (secondary N) is 1. The van der Waals surface area contributed by atoms with Crippen molar-refractivity contribution in [3.8, 4) is 0 Å². The Morgan fingerprint density at radius 3 is 2.29 bits per heavy atom. The molecular weight excluding hydrogens is 256 g/mol. The molecule has 1 aromatic rings. The molecule has 2 heteroatoms. The van der Waals surface area contributed by atoms with Gasteiger partial charge in [-0.3, -0.25) is 4.98 Å². The Hall–Kier alpha value is -0.890. The fraction of sp³-hybridized carbons (Fsp3) is 0.737. The van der Waals surface area contributed by atoms with Gasteiger partial charge in [0.15, 0.2) is 0 Å². The van der Waals surface area contributed by atoms with Crippen LogP contribution in [0.15, 0.2) is 24.5 Å². The summed E-state index contributed by atoms with van der Waals surface area (Å²) in [6, 6.07) is 4.91. The molecule has 1 rings (SSSR count). The Bertz CT molecular complexity index is 337. The summed E-state index contributed by atoms with van der Waals surface area (Å²) in [5.41, 5.74) is 1.41. The zero-order valence-corrected chi connectivity index (χ0v) is 14.3. The highest BCUT2D eigenvalue weighted by atomic mass is 14.9. The maximum Gasteiger partial charge on any atom is 0.0270 e. The summed E-state index contributed by atoms with van der Waals surface area (Å²) < 4.78 is 0. The van der Waals surface area contributed by atoms with Crippen LogP contribution in [0.4, 0.5) is 0 Å². The highest BCUT2D eigenvalue weighted by Gasteiger charge is 2.17. The van der Waals surface area contributed by atoms with E-state index in [4.69, 9.17) is 0 Å². The number of unbranched alkanes of at least 4 members (excludes halogenated alkanes) is 5. The number of aromatic nitrogens is 1. The van der Waals surface area contributed by atoms with Gasteiger partial charge >= 0.3 is 0 Å². The smallest absolute Gasteiger partial charge is 0.0270 e. The average Bonchev–Trinajstić information content (AvgIpc) is 2.53. The fourth-order valence-electron chi connectivity index (χ4n) is 2.90. The van der Waals surface area contributed by atoms with Gasteiger partial charge in [0.2, 0.25) is 0 Å². The van der Waals surface area contributed by atoms with E-state index in [9.17, 15) is 0 Å². The Labute approximate surface area is 131 Å². The molecule has 0 amide bonds. The third kappa shape index (κ3) is 7.61. The highest BCUT2D eigenvalue weighted by molar-refractivity contribution is 5.17. The van der Waals surface area contributed by atoms with E-state index in [1.807, 2.05) is 12.4 Å². The predicted molar refractivity (Wildman–Crippen MR) is 92.7 cm³/mol. The zero-order valence-electron chi connectivity index (χ0n) is 14.3. The SMILES string of the molecule is CCCCCCCCC(NCCC)C(C)c1ccncc1. The second-order valence-electron chi connectivity index (χ2n) is 6.19. The van der Waals surface area contributed by atoms with Gasteiger partial charge < -0.3 is 5.32 Å². The van der Waals surface area contributed by atoms with Crippen LogP contribution in [0.3, 0.4) is 0 Å². The van der Waals surface area contributed by atoms with Crippen LogP contribution >= 0.6 is 0 Å². The van der Waals surface area contributed by atoms with Crippen molar-refractivity contribution in [1.29, 1.82) is 0 Å². The van der Waals surface area contributed by atoms with Crippen LogP contribution in [0.1, 0.15) is 83.6 Å². The van der Waals surface area contributed by atoms with Crippen molar-refractivity contribution in [2.45, 2.75) is 84.1 Å². The molecule has 0 saturated heterocycles. The van der Waals surface area contributed by atoms with E-state index in [0.717, 1.165) is 6.54 Å². The Morgan fingerprint density at radius 1 is 0.952 bits per heavy atom. The zero-order chi connectivity index (χ0) is 15.3. The van der Waals surface area contributed by atoms with Crippen LogP contribution in [-0.2, 0) is 0 Å². The van der Waals surface area contributed by atoms with Crippen molar-refractivity contribution < 1.29 is 0 Å². The minimum atomic E-state index is 0.565. The van der Waals surface area contributed by atoms with Crippen LogP contribution in [0, 0.1) is 0 Å². The molecule has 2 nitrogen and oxygen atoms in total. The van der Waals surface area contributed by atoms with E-state index in [-0.39, 0.29) is 0 Å². The molecule has 21 heavy (non-hydrogen) atoms. The number of pyridine rings is 1. The normalized spacial score (nSPS) is 14.0. The molecule has 1 heterocycles. The van der Waals surface area contributed by atoms with Gasteiger partial charge in [0.25, 0.3) is 0 Å². The molecule has 0 radical (unpaired) electrons. The molecule has 2 atom stereocenters. The van der Waals surface area contributed by atoms with Gasteiger partial charge in [-0.25, -0.2) is 0 Å². The lowest BCUT2D eigenvalue weighted by Crippen LogP contribution is -2.34. The van der Waals surface area contributed by atoms with Crippen LogP contribution in [-0.4, -0.2) is 17.6 Å². The minimum absolute atomic E-state index is 0.565. The van der Waals surface area contributed by atoms with E-state index >= 15 is 0 Å². The van der Waals surface area contributed by atoms with Gasteiger partial charge in [0.05, 0.1) is 0 Å². The Balaban J connectivity index is 2.40. The summed E-state index contributed by atoms with van der Waals surface area (Å²) in [6.45, 7) is 7.99. The summed E-state index contributed by atoms with van der Waals surface area (Å²) >= 11 is 0. The summed E-state index contributed by atoms with van der Waals surface area (Å²) in [6.07, 6.45) is 14.6. The lowest BCUT2D eigenvalue weighted by atomic mass is 9.90. The van der Waals surface area contributed by atoms with E-state index in [1.165, 1.54) is 56.9 Å². The second kappa shape index (κ2) is 11.7. The van der Waals surface area contributed by atoms with E-state index < -0.39 is 0 Å². The first-order valence-electron chi connectivity index (χ1n) is 8.92. The first-order chi connectivity index (χ1) is 10.3. The number of hydrogen-bond donors (Lipinski definition) is 1. The molecule has 0 aliphatic heterocycles. The largest absolute Gasteiger partial charge is 0.313 e. The van der Waals surface area contributed by atoms with Crippen LogP contribution in [0.2, 0.25) is 0 Å². The maximum absolute atomic E-state index is 4.13. The molecule has 2 unspecified atom stereocenters. The van der Waals surface area contributed by atoms with Gasteiger partial charge in [0, 0.05) is 18.4 Å². The third-order valence-corrected chi connectivity index (χ3v) is 4.36. The first-order valence-corrected chi connectivity index (χ1v) is 8.92. The summed E-state index contributed by atoms with van der Waals surface area (Å²) in [4.78, 5) is 4.13. The number of rotatable bonds is 12. The number of hydrogen-bond acceptors (Lipinski definition) is 2. The molecule has 0 aliphatic carbocycles. The first kappa shape index (κ1) is 18.2. The van der Waals surface area contributed by atoms with E-state index in [0.29, 0.717) is 12.0 Å². The standard InChI is InChI=1S/C19H34N2/c1-4-6-7-8-9-10-11-19(21-14-5-2)17(3)18-12-15-20-16-13-18/h12-13,15-17,19,21H,4-11,14H2,1-3H3. The van der Waals surface area contributed by atoms with Crippen LogP contribution < -0.4 is 5.32 Å². The molecule has 1 aromatic heterocycles. The van der Waals surface area contributed by atoms with Gasteiger partial charge in [-0.2, -0.15) is 0 Å². The molecular formula is C19H34N2. The molecule has 0 fully saturated rings. The Morgan fingerprint density at radius 2 is 1.62 bits per heavy atom. The lowest BCUT2D eigenvalue weighted by molar-refractivity contribution is 0.405. The van der Waals surface area contributed by atoms with E-state index in [1.54, 1.807) is 0 Å². The number of nitrogens with zero attached hydrogens (tertiary/aromatic N) is 1. The molecule has 0 spiro atoms. The monoisotopic (exact) mass is 290 g/mol. The van der Waals surface area contributed by atoms with Gasteiger partial charge in [-0.05, 0) is 43.0 Å². The quantitative estimate of drug-likeness (QED) is 0.528. The Kier molecular flexibility index (Phi) is 10.1. The molecule has 120 valence electrons. The van der Waals surface area contributed by atoms with Crippen LogP contribution in [0.5, 0.6) is 0 Å². The molecule has 0 bridgehead atoms. The average molecular weight is 290 g/mol. The van der Waals surface area contributed by atoms with Gasteiger partial charge in [-0.15, -0.1) is 0 Å².